The summed E-state index contributed by atoms with van der Waals surface area (Å²) < 4.78 is 45.7. The monoisotopic (exact) mass is 734 g/mol. The van der Waals surface area contributed by atoms with Gasteiger partial charge in [-0.2, -0.15) is 5.26 Å². The van der Waals surface area contributed by atoms with E-state index < -0.39 is 12.0 Å². The molecule has 0 saturated carbocycles. The molecule has 4 aromatic rings. The Balaban J connectivity index is 1.30. The van der Waals surface area contributed by atoms with E-state index in [-0.39, 0.29) is 39.4 Å². The Hall–Kier alpha value is -4.31. The smallest absolute Gasteiger partial charge is 0.261 e. The minimum absolute atomic E-state index is 0.0812. The van der Waals surface area contributed by atoms with Crippen molar-refractivity contribution in [2.75, 3.05) is 46.5 Å². The van der Waals surface area contributed by atoms with Crippen LogP contribution < -0.4 is 14.2 Å². The summed E-state index contributed by atoms with van der Waals surface area (Å²) in [6.45, 7) is 5.58. The van der Waals surface area contributed by atoms with E-state index in [1.165, 1.54) is 6.20 Å². The number of rotatable bonds is 17. The van der Waals surface area contributed by atoms with Crippen molar-refractivity contribution in [1.29, 1.82) is 5.26 Å². The van der Waals surface area contributed by atoms with Gasteiger partial charge in [0.05, 0.1) is 43.0 Å². The van der Waals surface area contributed by atoms with Crippen molar-refractivity contribution in [1.82, 2.24) is 14.8 Å². The van der Waals surface area contributed by atoms with Crippen molar-refractivity contribution in [3.8, 4) is 34.4 Å². The van der Waals surface area contributed by atoms with Gasteiger partial charge in [0, 0.05) is 55.6 Å². The average Bonchev–Trinajstić information content (AvgIpc) is 3.49. The second-order valence-corrected chi connectivity index (χ2v) is 13.6. The number of nitriles is 1. The quantitative estimate of drug-likeness (QED) is 0.112. The third-order valence-electron chi connectivity index (χ3n) is 9.43. The van der Waals surface area contributed by atoms with Gasteiger partial charge in [-0.3, -0.25) is 14.8 Å². The Labute approximate surface area is 308 Å². The van der Waals surface area contributed by atoms with E-state index in [1.54, 1.807) is 36.3 Å². The largest absolute Gasteiger partial charge is 0.493 e. The van der Waals surface area contributed by atoms with Crippen molar-refractivity contribution in [3.63, 3.8) is 0 Å². The summed E-state index contributed by atoms with van der Waals surface area (Å²) in [5, 5.41) is 29.1. The van der Waals surface area contributed by atoms with Gasteiger partial charge in [-0.15, -0.1) is 0 Å². The van der Waals surface area contributed by atoms with E-state index in [0.717, 1.165) is 39.1 Å². The minimum Gasteiger partial charge on any atom is -0.493 e. The zero-order valence-electron chi connectivity index (χ0n) is 29.7. The van der Waals surface area contributed by atoms with Crippen LogP contribution in [-0.4, -0.2) is 83.5 Å². The fourth-order valence-electron chi connectivity index (χ4n) is 6.29. The minimum atomic E-state index is -2.59. The van der Waals surface area contributed by atoms with Crippen molar-refractivity contribution >= 4 is 11.6 Å². The average molecular weight is 735 g/mol. The number of aromatic nitrogens is 1. The van der Waals surface area contributed by atoms with Gasteiger partial charge in [0.1, 0.15) is 36.5 Å². The maximum Gasteiger partial charge on any atom is 0.261 e. The van der Waals surface area contributed by atoms with Gasteiger partial charge in [0.25, 0.3) is 5.92 Å². The number of aliphatic hydroxyl groups is 2. The number of alkyl halides is 2. The van der Waals surface area contributed by atoms with Crippen molar-refractivity contribution < 1.29 is 33.2 Å². The predicted molar refractivity (Wildman–Crippen MR) is 196 cm³/mol. The van der Waals surface area contributed by atoms with Crippen molar-refractivity contribution in [2.24, 2.45) is 0 Å². The highest BCUT2D eigenvalue weighted by molar-refractivity contribution is 6.32. The molecule has 2 N–H and O–H groups in total. The molecule has 0 radical (unpaired) electrons. The Morgan fingerprint density at radius 1 is 0.942 bits per heavy atom. The molecule has 9 nitrogen and oxygen atoms in total. The Morgan fingerprint density at radius 3 is 2.38 bits per heavy atom. The molecular formula is C40H45ClF2N4O5. The number of hydrogen-bond acceptors (Lipinski definition) is 9. The van der Waals surface area contributed by atoms with Gasteiger partial charge in [-0.1, -0.05) is 41.9 Å². The van der Waals surface area contributed by atoms with Crippen LogP contribution in [0, 0.1) is 25.2 Å². The molecule has 0 bridgehead atoms. The van der Waals surface area contributed by atoms with Crippen molar-refractivity contribution in [2.45, 2.75) is 58.4 Å². The Kier molecular flexibility index (Phi) is 13.4. The molecule has 1 saturated heterocycles. The highest BCUT2D eigenvalue weighted by atomic mass is 35.5. The molecule has 0 unspecified atom stereocenters. The lowest BCUT2D eigenvalue weighted by molar-refractivity contribution is 0.0118. The predicted octanol–water partition coefficient (Wildman–Crippen LogP) is 6.94. The van der Waals surface area contributed by atoms with Crippen LogP contribution in [0.2, 0.25) is 5.02 Å². The van der Waals surface area contributed by atoms with Gasteiger partial charge in [-0.25, -0.2) is 8.78 Å². The maximum absolute atomic E-state index is 13.5. The second kappa shape index (κ2) is 17.9. The van der Waals surface area contributed by atoms with E-state index in [2.05, 4.69) is 23.2 Å². The topological polar surface area (TPSA) is 111 Å². The highest BCUT2D eigenvalue weighted by Crippen LogP contribution is 2.37. The molecule has 5 rings (SSSR count). The first-order valence-corrected chi connectivity index (χ1v) is 17.6. The molecule has 52 heavy (non-hydrogen) atoms. The summed E-state index contributed by atoms with van der Waals surface area (Å²) >= 11 is 6.77. The Morgan fingerprint density at radius 2 is 1.67 bits per heavy atom. The number of pyridine rings is 1. The standard InChI is InChI=1S/C40H45ClF2N4O5/c1-27-31(7-4-8-34(27)35-9-5-10-37(28(35)2)50-14-6-12-47-13-11-40(42,43)26-47)25-52-39-17-38(51-24-30-15-29(18-44)19-45-20-30)32(16-36(39)41)21-46(3)33(22-48)23-49/h4-5,7-10,15-17,19-20,33,48-49H,6,11-14,21-26H2,1-3H3. The molecule has 0 atom stereocenters. The number of likely N-dealkylation sites (N-methyl/N-ethyl adjacent to an activating group) is 1. The lowest BCUT2D eigenvalue weighted by atomic mass is 9.93. The van der Waals surface area contributed by atoms with Crippen LogP contribution in [0.5, 0.6) is 17.2 Å². The number of halogens is 3. The summed E-state index contributed by atoms with van der Waals surface area (Å²) in [6, 6.07) is 18.8. The van der Waals surface area contributed by atoms with Gasteiger partial charge < -0.3 is 24.4 Å². The second-order valence-electron chi connectivity index (χ2n) is 13.2. The molecule has 2 heterocycles. The Bertz CT molecular complexity index is 1870. The molecule has 0 spiro atoms. The van der Waals surface area contributed by atoms with Gasteiger partial charge in [0.15, 0.2) is 0 Å². The fourth-order valence-corrected chi connectivity index (χ4v) is 6.53. The van der Waals surface area contributed by atoms with E-state index in [1.807, 2.05) is 43.0 Å². The first kappa shape index (κ1) is 38.9. The molecule has 1 aliphatic heterocycles. The van der Waals surface area contributed by atoms with E-state index in [4.69, 9.17) is 25.8 Å². The van der Waals surface area contributed by atoms with Crippen LogP contribution >= 0.6 is 11.6 Å². The summed E-state index contributed by atoms with van der Waals surface area (Å²) in [5.74, 6) is -0.914. The fraction of sp³-hybridized carbons (Fsp3) is 0.400. The normalized spacial score (nSPS) is 14.2. The van der Waals surface area contributed by atoms with Crippen LogP contribution in [0.25, 0.3) is 11.1 Å². The molecule has 0 aliphatic carbocycles. The molecule has 1 fully saturated rings. The maximum atomic E-state index is 13.5. The summed E-state index contributed by atoms with van der Waals surface area (Å²) in [6.07, 6.45) is 3.70. The zero-order valence-corrected chi connectivity index (χ0v) is 30.5. The SMILES string of the molecule is Cc1c(COc2cc(OCc3cncc(C#N)c3)c(CN(C)C(CO)CO)cc2Cl)cccc1-c1cccc(OCCCN2CCC(F)(F)C2)c1C. The number of likely N-dealkylation sites (tertiary alicyclic amines) is 1. The van der Waals surface area contributed by atoms with Gasteiger partial charge in [0.2, 0.25) is 0 Å². The first-order valence-electron chi connectivity index (χ1n) is 17.3. The molecule has 1 aliphatic rings. The van der Waals surface area contributed by atoms with Gasteiger partial charge >= 0.3 is 0 Å². The number of ether oxygens (including phenoxy) is 3. The molecule has 3 aromatic carbocycles. The number of aliphatic hydroxyl groups excluding tert-OH is 2. The first-order chi connectivity index (χ1) is 25.0. The summed E-state index contributed by atoms with van der Waals surface area (Å²) in [4.78, 5) is 7.72. The zero-order chi connectivity index (χ0) is 37.3. The lowest BCUT2D eigenvalue weighted by Crippen LogP contribution is -2.37. The van der Waals surface area contributed by atoms with Crippen LogP contribution in [0.1, 0.15) is 46.2 Å². The van der Waals surface area contributed by atoms with Crippen LogP contribution in [-0.2, 0) is 19.8 Å². The van der Waals surface area contributed by atoms with E-state index >= 15 is 0 Å². The summed E-state index contributed by atoms with van der Waals surface area (Å²) in [5.41, 5.74) is 6.90. The molecule has 0 amide bonds. The van der Waals surface area contributed by atoms with Gasteiger partial charge in [-0.05, 0) is 73.3 Å². The molecule has 1 aromatic heterocycles. The van der Waals surface area contributed by atoms with E-state index in [0.29, 0.717) is 60.3 Å². The number of nitrogens with zero attached hydrogens (tertiary/aromatic N) is 4. The summed E-state index contributed by atoms with van der Waals surface area (Å²) in [7, 11) is 1.79. The highest BCUT2D eigenvalue weighted by Gasteiger charge is 2.37. The third kappa shape index (κ3) is 9.97. The molecule has 276 valence electrons. The number of benzene rings is 3. The van der Waals surface area contributed by atoms with Crippen molar-refractivity contribution in [3.05, 3.63) is 105 Å². The van der Waals surface area contributed by atoms with Crippen LogP contribution in [0.15, 0.2) is 67.0 Å². The van der Waals surface area contributed by atoms with Crippen LogP contribution in [0.4, 0.5) is 8.78 Å². The third-order valence-corrected chi connectivity index (χ3v) is 9.72. The molecular weight excluding hydrogens is 690 g/mol. The molecule has 12 heteroatoms. The van der Waals surface area contributed by atoms with E-state index in [9.17, 15) is 24.3 Å². The van der Waals surface area contributed by atoms with Crippen LogP contribution in [0.3, 0.4) is 0 Å². The lowest BCUT2D eigenvalue weighted by Gasteiger charge is -2.26. The number of hydrogen-bond donors (Lipinski definition) is 2.